The third-order valence-corrected chi connectivity index (χ3v) is 1.57. The van der Waals surface area contributed by atoms with Crippen LogP contribution in [0.1, 0.15) is 19.5 Å². The zero-order chi connectivity index (χ0) is 8.97. The number of aryl methyl sites for hydroxylation is 1. The maximum atomic E-state index is 5.41. The minimum Gasteiger partial charge on any atom is -0.378 e. The van der Waals surface area contributed by atoms with E-state index in [1.54, 1.807) is 0 Å². The molecule has 3 nitrogen and oxygen atoms in total. The second kappa shape index (κ2) is 4.26. The molecule has 0 saturated heterocycles. The first-order chi connectivity index (χ1) is 5.68. The Hall–Kier alpha value is -0.830. The van der Waals surface area contributed by atoms with Crippen molar-refractivity contribution in [3.8, 4) is 0 Å². The van der Waals surface area contributed by atoms with Gasteiger partial charge in [-0.05, 0) is 13.8 Å². The highest BCUT2D eigenvalue weighted by Crippen LogP contribution is 1.97. The molecule has 0 bridgehead atoms. The van der Waals surface area contributed by atoms with Gasteiger partial charge in [-0.15, -0.1) is 0 Å². The van der Waals surface area contributed by atoms with E-state index in [0.29, 0.717) is 6.10 Å². The summed E-state index contributed by atoms with van der Waals surface area (Å²) in [4.78, 5) is 4.20. The Balaban J connectivity index is 2.24. The molecule has 1 aromatic heterocycles. The molecule has 1 rings (SSSR count). The van der Waals surface area contributed by atoms with Crippen molar-refractivity contribution in [3.05, 3.63) is 18.2 Å². The van der Waals surface area contributed by atoms with E-state index in [1.807, 2.05) is 38.0 Å². The molecule has 3 heteroatoms. The smallest absolute Gasteiger partial charge is 0.0946 e. The molecule has 1 heterocycles. The predicted octanol–water partition coefficient (Wildman–Crippen LogP) is 1.39. The van der Waals surface area contributed by atoms with Gasteiger partial charge in [0.1, 0.15) is 0 Å². The maximum Gasteiger partial charge on any atom is 0.0946 e. The van der Waals surface area contributed by atoms with Crippen LogP contribution in [-0.2, 0) is 18.2 Å². The number of rotatable bonds is 4. The van der Waals surface area contributed by atoms with Gasteiger partial charge in [0.25, 0.3) is 0 Å². The lowest BCUT2D eigenvalue weighted by Crippen LogP contribution is -2.06. The summed E-state index contributed by atoms with van der Waals surface area (Å²) in [6, 6.07) is 0. The molecule has 0 atom stereocenters. The molecule has 0 fully saturated rings. The number of hydrogen-bond acceptors (Lipinski definition) is 2. The number of hydrogen-bond donors (Lipinski definition) is 0. The predicted molar refractivity (Wildman–Crippen MR) is 48.0 cm³/mol. The minimum absolute atomic E-state index is 0.314. The largest absolute Gasteiger partial charge is 0.378 e. The summed E-state index contributed by atoms with van der Waals surface area (Å²) in [5.41, 5.74) is 1.10. The zero-order valence-electron chi connectivity index (χ0n) is 7.95. The molecule has 0 unspecified atom stereocenters. The van der Waals surface area contributed by atoms with Crippen molar-refractivity contribution in [3.63, 3.8) is 0 Å². The molecule has 0 radical (unpaired) electrons. The van der Waals surface area contributed by atoms with Gasteiger partial charge < -0.3 is 9.30 Å². The minimum atomic E-state index is 0.314. The molecule has 12 heavy (non-hydrogen) atoms. The van der Waals surface area contributed by atoms with Crippen LogP contribution in [-0.4, -0.2) is 22.3 Å². The van der Waals surface area contributed by atoms with Crippen LogP contribution in [0.2, 0.25) is 0 Å². The molecule has 0 aliphatic heterocycles. The van der Waals surface area contributed by atoms with E-state index in [9.17, 15) is 0 Å². The summed E-state index contributed by atoms with van der Waals surface area (Å²) >= 11 is 0. The standard InChI is InChI=1S/C9H16N2O/c1-8(2)12-5-4-9-6-11(3)7-10-9/h6-8H,4-5H2,1-3H3. The topological polar surface area (TPSA) is 27.1 Å². The third kappa shape index (κ3) is 3.05. The molecule has 0 N–H and O–H groups in total. The van der Waals surface area contributed by atoms with Crippen LogP contribution < -0.4 is 0 Å². The summed E-state index contributed by atoms with van der Waals surface area (Å²) in [6.45, 7) is 4.84. The van der Waals surface area contributed by atoms with Gasteiger partial charge in [0.05, 0.1) is 24.7 Å². The lowest BCUT2D eigenvalue weighted by Gasteiger charge is -2.04. The molecule has 0 aromatic carbocycles. The fourth-order valence-corrected chi connectivity index (χ4v) is 0.995. The van der Waals surface area contributed by atoms with Crippen LogP contribution in [0.3, 0.4) is 0 Å². The Morgan fingerprint density at radius 1 is 1.58 bits per heavy atom. The molecule has 0 amide bonds. The summed E-state index contributed by atoms with van der Waals surface area (Å²) in [5.74, 6) is 0. The number of ether oxygens (including phenoxy) is 1. The first-order valence-corrected chi connectivity index (χ1v) is 4.27. The van der Waals surface area contributed by atoms with Crippen LogP contribution in [0.15, 0.2) is 12.5 Å². The first kappa shape index (κ1) is 9.26. The van der Waals surface area contributed by atoms with E-state index < -0.39 is 0 Å². The van der Waals surface area contributed by atoms with Crippen molar-refractivity contribution in [2.75, 3.05) is 6.61 Å². The molecule has 0 aliphatic rings. The van der Waals surface area contributed by atoms with Crippen molar-refractivity contribution < 1.29 is 4.74 Å². The van der Waals surface area contributed by atoms with Crippen LogP contribution in [0, 0.1) is 0 Å². The van der Waals surface area contributed by atoms with Gasteiger partial charge >= 0.3 is 0 Å². The lowest BCUT2D eigenvalue weighted by molar-refractivity contribution is 0.0809. The summed E-state index contributed by atoms with van der Waals surface area (Å²) in [6.07, 6.45) is 5.04. The Morgan fingerprint density at radius 2 is 2.33 bits per heavy atom. The molecular formula is C9H16N2O. The van der Waals surface area contributed by atoms with E-state index in [4.69, 9.17) is 4.74 Å². The van der Waals surface area contributed by atoms with E-state index in [0.717, 1.165) is 18.7 Å². The second-order valence-corrected chi connectivity index (χ2v) is 3.20. The van der Waals surface area contributed by atoms with Crippen molar-refractivity contribution in [2.45, 2.75) is 26.4 Å². The molecule has 0 spiro atoms. The fraction of sp³-hybridized carbons (Fsp3) is 0.667. The Labute approximate surface area is 73.4 Å². The highest BCUT2D eigenvalue weighted by molar-refractivity contribution is 4.95. The second-order valence-electron chi connectivity index (χ2n) is 3.20. The maximum absolute atomic E-state index is 5.41. The summed E-state index contributed by atoms with van der Waals surface area (Å²) in [5, 5.41) is 0. The SMILES string of the molecule is CC(C)OCCc1cn(C)cn1. The molecular weight excluding hydrogens is 152 g/mol. The number of aromatic nitrogens is 2. The first-order valence-electron chi connectivity index (χ1n) is 4.27. The van der Waals surface area contributed by atoms with Gasteiger partial charge in [-0.3, -0.25) is 0 Å². The average molecular weight is 168 g/mol. The van der Waals surface area contributed by atoms with Crippen molar-refractivity contribution in [1.82, 2.24) is 9.55 Å². The van der Waals surface area contributed by atoms with Crippen molar-refractivity contribution in [1.29, 1.82) is 0 Å². The fourth-order valence-electron chi connectivity index (χ4n) is 0.995. The Morgan fingerprint density at radius 3 is 2.83 bits per heavy atom. The molecule has 0 saturated carbocycles. The Kier molecular flexibility index (Phi) is 3.29. The van der Waals surface area contributed by atoms with Crippen LogP contribution in [0.25, 0.3) is 0 Å². The quantitative estimate of drug-likeness (QED) is 0.679. The summed E-state index contributed by atoms with van der Waals surface area (Å²) < 4.78 is 7.35. The molecule has 1 aromatic rings. The van der Waals surface area contributed by atoms with Gasteiger partial charge in [-0.1, -0.05) is 0 Å². The van der Waals surface area contributed by atoms with Gasteiger partial charge in [-0.2, -0.15) is 0 Å². The zero-order valence-corrected chi connectivity index (χ0v) is 7.95. The van der Waals surface area contributed by atoms with Crippen LogP contribution >= 0.6 is 0 Å². The van der Waals surface area contributed by atoms with E-state index in [-0.39, 0.29) is 0 Å². The highest BCUT2D eigenvalue weighted by atomic mass is 16.5. The van der Waals surface area contributed by atoms with Gasteiger partial charge in [-0.25, -0.2) is 4.98 Å². The number of nitrogens with zero attached hydrogens (tertiary/aromatic N) is 2. The van der Waals surface area contributed by atoms with Crippen LogP contribution in [0.4, 0.5) is 0 Å². The number of imidazole rings is 1. The van der Waals surface area contributed by atoms with E-state index >= 15 is 0 Å². The van der Waals surface area contributed by atoms with Crippen molar-refractivity contribution in [2.24, 2.45) is 7.05 Å². The van der Waals surface area contributed by atoms with Crippen LogP contribution in [0.5, 0.6) is 0 Å². The highest BCUT2D eigenvalue weighted by Gasteiger charge is 1.97. The normalized spacial score (nSPS) is 11.0. The van der Waals surface area contributed by atoms with Gasteiger partial charge in [0.2, 0.25) is 0 Å². The van der Waals surface area contributed by atoms with Gasteiger partial charge in [0.15, 0.2) is 0 Å². The molecule has 68 valence electrons. The average Bonchev–Trinajstić information content (AvgIpc) is 2.35. The van der Waals surface area contributed by atoms with E-state index in [2.05, 4.69) is 4.98 Å². The van der Waals surface area contributed by atoms with E-state index in [1.165, 1.54) is 0 Å². The third-order valence-electron chi connectivity index (χ3n) is 1.57. The monoisotopic (exact) mass is 168 g/mol. The summed E-state index contributed by atoms with van der Waals surface area (Å²) in [7, 11) is 1.97. The van der Waals surface area contributed by atoms with Crippen molar-refractivity contribution >= 4 is 0 Å². The molecule has 0 aliphatic carbocycles. The Bertz CT molecular complexity index is 230. The van der Waals surface area contributed by atoms with Gasteiger partial charge in [0, 0.05) is 19.7 Å². The lowest BCUT2D eigenvalue weighted by atomic mass is 10.3.